The molecule has 0 aromatic heterocycles. The van der Waals surface area contributed by atoms with Crippen LogP contribution >= 0.6 is 0 Å². The van der Waals surface area contributed by atoms with E-state index in [4.69, 9.17) is 0 Å². The van der Waals surface area contributed by atoms with Crippen molar-refractivity contribution in [2.45, 2.75) is 19.5 Å². The fourth-order valence-corrected chi connectivity index (χ4v) is 1.01. The average molecular weight is 164 g/mol. The fraction of sp³-hybridized carbons (Fsp3) is 0.273. The zero-order valence-corrected chi connectivity index (χ0v) is 7.20. The van der Waals surface area contributed by atoms with Gasteiger partial charge in [0.25, 0.3) is 0 Å². The monoisotopic (exact) mass is 164 g/mol. The molecule has 1 aromatic carbocycles. The molecule has 0 spiro atoms. The second-order valence-corrected chi connectivity index (χ2v) is 2.80. The van der Waals surface area contributed by atoms with Crippen molar-refractivity contribution in [2.75, 3.05) is 0 Å². The van der Waals surface area contributed by atoms with E-state index in [1.165, 1.54) is 12.5 Å². The number of rotatable bonds is 3. The molecule has 1 atom stereocenters. The van der Waals surface area contributed by atoms with Crippen molar-refractivity contribution in [2.24, 2.45) is 0 Å². The van der Waals surface area contributed by atoms with Gasteiger partial charge in [-0.05, 0) is 18.9 Å². The summed E-state index contributed by atoms with van der Waals surface area (Å²) in [7, 11) is 0. The predicted molar refractivity (Wildman–Crippen MR) is 49.9 cm³/mol. The van der Waals surface area contributed by atoms with Crippen LogP contribution in [0.2, 0.25) is 0 Å². The molecule has 1 unspecified atom stereocenters. The SMILES string of the molecule is CC(F)/C=C\Cc1ccccc1. The molecule has 0 saturated heterocycles. The molecule has 0 aliphatic heterocycles. The molecule has 0 fully saturated rings. The van der Waals surface area contributed by atoms with E-state index in [0.29, 0.717) is 0 Å². The molecule has 0 amide bonds. The van der Waals surface area contributed by atoms with E-state index in [2.05, 4.69) is 0 Å². The van der Waals surface area contributed by atoms with Crippen LogP contribution in [0.4, 0.5) is 4.39 Å². The van der Waals surface area contributed by atoms with E-state index in [0.717, 1.165) is 6.42 Å². The molecule has 0 bridgehead atoms. The molecule has 1 aromatic rings. The standard InChI is InChI=1S/C11H13F/c1-10(12)6-5-9-11-7-3-2-4-8-11/h2-8,10H,9H2,1H3/b6-5-. The molecule has 12 heavy (non-hydrogen) atoms. The zero-order valence-electron chi connectivity index (χ0n) is 7.20. The van der Waals surface area contributed by atoms with Crippen molar-refractivity contribution in [3.63, 3.8) is 0 Å². The lowest BCUT2D eigenvalue weighted by Crippen LogP contribution is -1.85. The number of allylic oxidation sites excluding steroid dienone is 2. The molecular formula is C11H13F. The molecule has 1 rings (SSSR count). The third-order valence-electron chi connectivity index (χ3n) is 1.60. The lowest BCUT2D eigenvalue weighted by molar-refractivity contribution is 0.430. The minimum atomic E-state index is -0.839. The van der Waals surface area contributed by atoms with Crippen LogP contribution < -0.4 is 0 Å². The Morgan fingerprint density at radius 2 is 2.00 bits per heavy atom. The first-order valence-corrected chi connectivity index (χ1v) is 4.13. The zero-order chi connectivity index (χ0) is 8.81. The minimum Gasteiger partial charge on any atom is -0.243 e. The van der Waals surface area contributed by atoms with Gasteiger partial charge in [0.05, 0.1) is 0 Å². The molecule has 0 radical (unpaired) electrons. The minimum absolute atomic E-state index is 0.815. The summed E-state index contributed by atoms with van der Waals surface area (Å²) in [6.45, 7) is 1.53. The molecule has 0 heterocycles. The van der Waals surface area contributed by atoms with Gasteiger partial charge in [0.2, 0.25) is 0 Å². The third kappa shape index (κ3) is 3.33. The van der Waals surface area contributed by atoms with Crippen LogP contribution in [0.5, 0.6) is 0 Å². The average Bonchev–Trinajstić information content (AvgIpc) is 2.05. The lowest BCUT2D eigenvalue weighted by Gasteiger charge is -1.94. The van der Waals surface area contributed by atoms with Gasteiger partial charge in [0, 0.05) is 0 Å². The third-order valence-corrected chi connectivity index (χ3v) is 1.60. The molecule has 64 valence electrons. The van der Waals surface area contributed by atoms with Crippen molar-refractivity contribution in [1.82, 2.24) is 0 Å². The number of hydrogen-bond acceptors (Lipinski definition) is 0. The first-order valence-electron chi connectivity index (χ1n) is 4.13. The summed E-state index contributed by atoms with van der Waals surface area (Å²) in [5, 5.41) is 0. The normalized spacial score (nSPS) is 13.5. The van der Waals surface area contributed by atoms with Gasteiger partial charge < -0.3 is 0 Å². The second-order valence-electron chi connectivity index (χ2n) is 2.80. The summed E-state index contributed by atoms with van der Waals surface area (Å²) >= 11 is 0. The highest BCUT2D eigenvalue weighted by atomic mass is 19.1. The van der Waals surface area contributed by atoms with Crippen molar-refractivity contribution < 1.29 is 4.39 Å². The summed E-state index contributed by atoms with van der Waals surface area (Å²) in [6.07, 6.45) is 3.41. The molecule has 0 saturated carbocycles. The Labute approximate surface area is 72.7 Å². The van der Waals surface area contributed by atoms with Crippen LogP contribution in [0.1, 0.15) is 12.5 Å². The Bertz CT molecular complexity index is 236. The van der Waals surface area contributed by atoms with Crippen LogP contribution in [-0.2, 0) is 6.42 Å². The van der Waals surface area contributed by atoms with E-state index < -0.39 is 6.17 Å². The summed E-state index contributed by atoms with van der Waals surface area (Å²) in [4.78, 5) is 0. The fourth-order valence-electron chi connectivity index (χ4n) is 1.01. The maximum atomic E-state index is 12.3. The summed E-state index contributed by atoms with van der Waals surface area (Å²) in [6, 6.07) is 10.0. The van der Waals surface area contributed by atoms with Gasteiger partial charge in [-0.1, -0.05) is 42.5 Å². The number of alkyl halides is 1. The van der Waals surface area contributed by atoms with E-state index in [1.54, 1.807) is 6.08 Å². The van der Waals surface area contributed by atoms with Gasteiger partial charge in [-0.25, -0.2) is 4.39 Å². The highest BCUT2D eigenvalue weighted by Gasteiger charge is 1.89. The second kappa shape index (κ2) is 4.70. The first kappa shape index (κ1) is 8.98. The van der Waals surface area contributed by atoms with Gasteiger partial charge in [0.15, 0.2) is 0 Å². The summed E-state index contributed by atoms with van der Waals surface area (Å²) in [5.74, 6) is 0. The highest BCUT2D eigenvalue weighted by Crippen LogP contribution is 2.01. The first-order chi connectivity index (χ1) is 5.79. The largest absolute Gasteiger partial charge is 0.243 e. The molecule has 1 heteroatoms. The highest BCUT2D eigenvalue weighted by molar-refractivity contribution is 5.17. The Kier molecular flexibility index (Phi) is 3.52. The van der Waals surface area contributed by atoms with E-state index in [-0.39, 0.29) is 0 Å². The Balaban J connectivity index is 2.43. The maximum absolute atomic E-state index is 12.3. The van der Waals surface area contributed by atoms with E-state index in [1.807, 2.05) is 36.4 Å². The molecular weight excluding hydrogens is 151 g/mol. The van der Waals surface area contributed by atoms with Gasteiger partial charge >= 0.3 is 0 Å². The predicted octanol–water partition coefficient (Wildman–Crippen LogP) is 3.14. The Hall–Kier alpha value is -1.11. The van der Waals surface area contributed by atoms with Crippen LogP contribution in [0, 0.1) is 0 Å². The van der Waals surface area contributed by atoms with Gasteiger partial charge in [-0.3, -0.25) is 0 Å². The smallest absolute Gasteiger partial charge is 0.115 e. The molecule has 0 aliphatic carbocycles. The molecule has 0 nitrogen and oxygen atoms in total. The number of halogens is 1. The van der Waals surface area contributed by atoms with Crippen molar-refractivity contribution in [1.29, 1.82) is 0 Å². The van der Waals surface area contributed by atoms with Crippen LogP contribution in [0.3, 0.4) is 0 Å². The lowest BCUT2D eigenvalue weighted by atomic mass is 10.1. The quantitative estimate of drug-likeness (QED) is 0.602. The van der Waals surface area contributed by atoms with Crippen LogP contribution in [0.15, 0.2) is 42.5 Å². The molecule has 0 N–H and O–H groups in total. The van der Waals surface area contributed by atoms with Crippen molar-refractivity contribution >= 4 is 0 Å². The van der Waals surface area contributed by atoms with Crippen LogP contribution in [0.25, 0.3) is 0 Å². The van der Waals surface area contributed by atoms with Crippen molar-refractivity contribution in [3.05, 3.63) is 48.0 Å². The van der Waals surface area contributed by atoms with Crippen LogP contribution in [-0.4, -0.2) is 6.17 Å². The van der Waals surface area contributed by atoms with E-state index >= 15 is 0 Å². The summed E-state index contributed by atoms with van der Waals surface area (Å²) in [5.41, 5.74) is 1.22. The number of hydrogen-bond donors (Lipinski definition) is 0. The van der Waals surface area contributed by atoms with Gasteiger partial charge in [-0.2, -0.15) is 0 Å². The van der Waals surface area contributed by atoms with Crippen molar-refractivity contribution in [3.8, 4) is 0 Å². The Morgan fingerprint density at radius 1 is 1.33 bits per heavy atom. The van der Waals surface area contributed by atoms with E-state index in [9.17, 15) is 4.39 Å². The van der Waals surface area contributed by atoms with Gasteiger partial charge in [-0.15, -0.1) is 0 Å². The Morgan fingerprint density at radius 3 is 2.58 bits per heavy atom. The van der Waals surface area contributed by atoms with Gasteiger partial charge in [0.1, 0.15) is 6.17 Å². The maximum Gasteiger partial charge on any atom is 0.115 e. The number of benzene rings is 1. The summed E-state index contributed by atoms with van der Waals surface area (Å²) < 4.78 is 12.3. The molecule has 0 aliphatic rings. The topological polar surface area (TPSA) is 0 Å².